The first-order valence-corrected chi connectivity index (χ1v) is 5.46. The Kier molecular flexibility index (Phi) is 2.96. The van der Waals surface area contributed by atoms with Gasteiger partial charge in [-0.3, -0.25) is 0 Å². The van der Waals surface area contributed by atoms with Crippen LogP contribution in [0.4, 0.5) is 0 Å². The molecule has 2 aromatic rings. The van der Waals surface area contributed by atoms with E-state index in [0.717, 1.165) is 24.5 Å². The van der Waals surface area contributed by atoms with Crippen LogP contribution in [0.3, 0.4) is 0 Å². The summed E-state index contributed by atoms with van der Waals surface area (Å²) in [4.78, 5) is 8.95. The molecule has 0 radical (unpaired) electrons. The fourth-order valence-corrected chi connectivity index (χ4v) is 2.06. The fourth-order valence-electron chi connectivity index (χ4n) is 1.35. The van der Waals surface area contributed by atoms with Gasteiger partial charge in [0.05, 0.1) is 0 Å². The maximum Gasteiger partial charge on any atom is 0.111 e. The van der Waals surface area contributed by atoms with Gasteiger partial charge in [-0.05, 0) is 18.5 Å². The summed E-state index contributed by atoms with van der Waals surface area (Å²) >= 11 is 1.76. The van der Waals surface area contributed by atoms with Gasteiger partial charge in [0.25, 0.3) is 0 Å². The number of aromatic nitrogens is 2. The monoisotopic (exact) mass is 207 g/mol. The summed E-state index contributed by atoms with van der Waals surface area (Å²) in [6.07, 6.45) is 2.79. The molecule has 3 nitrogen and oxygen atoms in total. The quantitative estimate of drug-likeness (QED) is 0.802. The van der Waals surface area contributed by atoms with Crippen LogP contribution >= 0.6 is 11.3 Å². The molecule has 0 unspecified atom stereocenters. The fraction of sp³-hybridized carbons (Fsp3) is 0.300. The molecule has 14 heavy (non-hydrogen) atoms. The molecule has 2 heterocycles. The van der Waals surface area contributed by atoms with Gasteiger partial charge in [0.1, 0.15) is 5.82 Å². The Balaban J connectivity index is 2.03. The van der Waals surface area contributed by atoms with Gasteiger partial charge in [-0.15, -0.1) is 11.3 Å². The molecule has 2 N–H and O–H groups in total. The van der Waals surface area contributed by atoms with E-state index in [0.29, 0.717) is 0 Å². The zero-order chi connectivity index (χ0) is 9.80. The molecule has 0 aliphatic heterocycles. The summed E-state index contributed by atoms with van der Waals surface area (Å²) in [6.45, 7) is 0.845. The Hall–Kier alpha value is -1.13. The van der Waals surface area contributed by atoms with Crippen molar-refractivity contribution in [1.29, 1.82) is 0 Å². The van der Waals surface area contributed by atoms with Crippen LogP contribution in [0.2, 0.25) is 0 Å². The molecule has 0 aliphatic carbocycles. The van der Waals surface area contributed by atoms with Crippen molar-refractivity contribution in [3.63, 3.8) is 0 Å². The first-order valence-electron chi connectivity index (χ1n) is 4.58. The summed E-state index contributed by atoms with van der Waals surface area (Å²) in [5, 5.41) is 5.18. The van der Waals surface area contributed by atoms with E-state index in [1.54, 1.807) is 11.3 Å². The third-order valence-corrected chi connectivity index (χ3v) is 2.85. The molecule has 0 bridgehead atoms. The zero-order valence-corrected chi connectivity index (χ0v) is 8.90. The Morgan fingerprint density at radius 1 is 1.57 bits per heavy atom. The van der Waals surface area contributed by atoms with Crippen molar-refractivity contribution in [1.82, 2.24) is 15.3 Å². The molecule has 74 valence electrons. The molecule has 0 amide bonds. The number of nitrogens with one attached hydrogen (secondary N) is 2. The number of nitrogens with zero attached hydrogens (tertiary/aromatic N) is 1. The molecule has 2 rings (SSSR count). The van der Waals surface area contributed by atoms with Crippen LogP contribution in [0.15, 0.2) is 23.7 Å². The molecule has 0 aliphatic rings. The van der Waals surface area contributed by atoms with Crippen molar-refractivity contribution >= 4 is 11.3 Å². The second kappa shape index (κ2) is 4.39. The Morgan fingerprint density at radius 3 is 3.21 bits per heavy atom. The SMILES string of the molecule is CNCc1cnc(Cc2cccs2)[nH]1. The number of hydrogen-bond acceptors (Lipinski definition) is 3. The van der Waals surface area contributed by atoms with E-state index in [4.69, 9.17) is 0 Å². The van der Waals surface area contributed by atoms with Crippen LogP contribution in [0.25, 0.3) is 0 Å². The number of hydrogen-bond donors (Lipinski definition) is 2. The zero-order valence-electron chi connectivity index (χ0n) is 8.08. The third-order valence-electron chi connectivity index (χ3n) is 1.97. The van der Waals surface area contributed by atoms with Crippen molar-refractivity contribution in [2.45, 2.75) is 13.0 Å². The number of H-pyrrole nitrogens is 1. The average molecular weight is 207 g/mol. The average Bonchev–Trinajstić information content (AvgIpc) is 2.79. The minimum Gasteiger partial charge on any atom is -0.345 e. The van der Waals surface area contributed by atoms with Crippen molar-refractivity contribution in [2.24, 2.45) is 0 Å². The number of aromatic amines is 1. The molecule has 0 spiro atoms. The molecular weight excluding hydrogens is 194 g/mol. The maximum absolute atomic E-state index is 4.32. The highest BCUT2D eigenvalue weighted by Gasteiger charge is 2.01. The topological polar surface area (TPSA) is 40.7 Å². The van der Waals surface area contributed by atoms with Crippen LogP contribution in [-0.4, -0.2) is 17.0 Å². The van der Waals surface area contributed by atoms with Crippen LogP contribution in [-0.2, 0) is 13.0 Å². The minimum atomic E-state index is 0.845. The van der Waals surface area contributed by atoms with Crippen LogP contribution < -0.4 is 5.32 Å². The largest absolute Gasteiger partial charge is 0.345 e. The summed E-state index contributed by atoms with van der Waals surface area (Å²) < 4.78 is 0. The molecule has 4 heteroatoms. The highest BCUT2D eigenvalue weighted by atomic mass is 32.1. The predicted molar refractivity (Wildman–Crippen MR) is 58.5 cm³/mol. The van der Waals surface area contributed by atoms with Gasteiger partial charge in [0.15, 0.2) is 0 Å². The van der Waals surface area contributed by atoms with Crippen LogP contribution in [0.5, 0.6) is 0 Å². The smallest absolute Gasteiger partial charge is 0.111 e. The normalized spacial score (nSPS) is 10.6. The van der Waals surface area contributed by atoms with Gasteiger partial charge in [0.2, 0.25) is 0 Å². The molecule has 0 saturated carbocycles. The molecule has 0 atom stereocenters. The van der Waals surface area contributed by atoms with Gasteiger partial charge in [-0.25, -0.2) is 4.98 Å². The third kappa shape index (κ3) is 2.21. The molecule has 0 aromatic carbocycles. The van der Waals surface area contributed by atoms with E-state index in [9.17, 15) is 0 Å². The Morgan fingerprint density at radius 2 is 2.50 bits per heavy atom. The summed E-state index contributed by atoms with van der Waals surface area (Å²) in [6, 6.07) is 4.20. The predicted octanol–water partition coefficient (Wildman–Crippen LogP) is 1.78. The lowest BCUT2D eigenvalue weighted by Gasteiger charge is -1.94. The molecular formula is C10H13N3S. The van der Waals surface area contributed by atoms with Gasteiger partial charge >= 0.3 is 0 Å². The highest BCUT2D eigenvalue weighted by molar-refractivity contribution is 7.09. The minimum absolute atomic E-state index is 0.845. The van der Waals surface area contributed by atoms with Crippen molar-refractivity contribution in [3.05, 3.63) is 40.1 Å². The van der Waals surface area contributed by atoms with Gasteiger partial charge in [0, 0.05) is 29.7 Å². The van der Waals surface area contributed by atoms with E-state index < -0.39 is 0 Å². The van der Waals surface area contributed by atoms with Gasteiger partial charge in [-0.1, -0.05) is 6.07 Å². The first kappa shape index (κ1) is 9.43. The molecule has 0 saturated heterocycles. The van der Waals surface area contributed by atoms with E-state index >= 15 is 0 Å². The van der Waals surface area contributed by atoms with Crippen LogP contribution in [0, 0.1) is 0 Å². The summed E-state index contributed by atoms with van der Waals surface area (Å²) in [5.74, 6) is 1.04. The Bertz CT molecular complexity index is 378. The molecule has 0 fully saturated rings. The number of thiophene rings is 1. The lowest BCUT2D eigenvalue weighted by molar-refractivity contribution is 0.793. The second-order valence-corrected chi connectivity index (χ2v) is 4.17. The summed E-state index contributed by atoms with van der Waals surface area (Å²) in [5.41, 5.74) is 1.14. The first-order chi connectivity index (χ1) is 6.88. The second-order valence-electron chi connectivity index (χ2n) is 3.14. The molecule has 2 aromatic heterocycles. The van der Waals surface area contributed by atoms with Gasteiger partial charge in [-0.2, -0.15) is 0 Å². The highest BCUT2D eigenvalue weighted by Crippen LogP contribution is 2.12. The van der Waals surface area contributed by atoms with Crippen molar-refractivity contribution < 1.29 is 0 Å². The van der Waals surface area contributed by atoms with E-state index in [-0.39, 0.29) is 0 Å². The van der Waals surface area contributed by atoms with Crippen LogP contribution in [0.1, 0.15) is 16.4 Å². The van der Waals surface area contributed by atoms with Crippen molar-refractivity contribution in [2.75, 3.05) is 7.05 Å². The van der Waals surface area contributed by atoms with Crippen molar-refractivity contribution in [3.8, 4) is 0 Å². The number of imidazole rings is 1. The standard InChI is InChI=1S/C10H13N3S/c1-11-6-8-7-12-10(13-8)5-9-3-2-4-14-9/h2-4,7,11H,5-6H2,1H3,(H,12,13). The lowest BCUT2D eigenvalue weighted by Crippen LogP contribution is -2.05. The summed E-state index contributed by atoms with van der Waals surface area (Å²) in [7, 11) is 1.93. The van der Waals surface area contributed by atoms with E-state index in [1.165, 1.54) is 4.88 Å². The number of rotatable bonds is 4. The van der Waals surface area contributed by atoms with Gasteiger partial charge < -0.3 is 10.3 Å². The Labute approximate surface area is 87.2 Å². The van der Waals surface area contributed by atoms with E-state index in [1.807, 2.05) is 13.2 Å². The lowest BCUT2D eigenvalue weighted by atomic mass is 10.3. The van der Waals surface area contributed by atoms with E-state index in [2.05, 4.69) is 32.8 Å². The maximum atomic E-state index is 4.32.